The minimum atomic E-state index is -0.182. The molecular weight excluding hydrogens is 212 g/mol. The van der Waals surface area contributed by atoms with Gasteiger partial charge in [0.1, 0.15) is 0 Å². The predicted octanol–water partition coefficient (Wildman–Crippen LogP) is 3.38. The van der Waals surface area contributed by atoms with Crippen molar-refractivity contribution in [2.24, 2.45) is 5.41 Å². The zero-order valence-corrected chi connectivity index (χ0v) is 11.2. The highest BCUT2D eigenvalue weighted by atomic mass is 16.5. The van der Waals surface area contributed by atoms with E-state index in [4.69, 9.17) is 0 Å². The van der Waals surface area contributed by atoms with Crippen molar-refractivity contribution >= 4 is 5.97 Å². The number of hydrogen-bond acceptors (Lipinski definition) is 2. The molecule has 0 N–H and O–H groups in total. The van der Waals surface area contributed by atoms with Crippen LogP contribution in [0.1, 0.15) is 38.3 Å². The average Bonchev–Trinajstić information content (AvgIpc) is 2.26. The van der Waals surface area contributed by atoms with E-state index in [0.717, 1.165) is 18.4 Å². The summed E-state index contributed by atoms with van der Waals surface area (Å²) in [6.07, 6.45) is 2.56. The molecule has 0 aliphatic carbocycles. The Morgan fingerprint density at radius 2 is 1.88 bits per heavy atom. The third-order valence-corrected chi connectivity index (χ3v) is 2.73. The third kappa shape index (κ3) is 5.53. The number of esters is 1. The van der Waals surface area contributed by atoms with E-state index in [9.17, 15) is 4.79 Å². The number of rotatable bonds is 4. The van der Waals surface area contributed by atoms with E-state index in [-0.39, 0.29) is 5.97 Å². The number of benzene rings is 1. The second-order valence-electron chi connectivity index (χ2n) is 5.63. The van der Waals surface area contributed by atoms with E-state index in [2.05, 4.69) is 37.6 Å². The number of methoxy groups -OCH3 is 1. The van der Waals surface area contributed by atoms with Crippen molar-refractivity contribution in [3.8, 4) is 0 Å². The van der Waals surface area contributed by atoms with Crippen LogP contribution in [0.5, 0.6) is 0 Å². The molecule has 0 radical (unpaired) electrons. The number of aryl methyl sites for hydroxylation is 1. The summed E-state index contributed by atoms with van der Waals surface area (Å²) in [5.41, 5.74) is 2.67. The standard InChI is InChI=1S/C15H22O2/c1-15(2,3)9-8-12-6-5-7-13(10-12)11-14(16)17-4/h5-7,10H,8-9,11H2,1-4H3. The fourth-order valence-corrected chi connectivity index (χ4v) is 1.65. The molecule has 2 heteroatoms. The third-order valence-electron chi connectivity index (χ3n) is 2.73. The quantitative estimate of drug-likeness (QED) is 0.746. The summed E-state index contributed by atoms with van der Waals surface area (Å²) in [6, 6.07) is 8.20. The SMILES string of the molecule is COC(=O)Cc1cccc(CCC(C)(C)C)c1. The molecule has 0 saturated carbocycles. The molecule has 17 heavy (non-hydrogen) atoms. The molecule has 0 spiro atoms. The Morgan fingerprint density at radius 3 is 2.47 bits per heavy atom. The molecule has 1 aromatic carbocycles. The monoisotopic (exact) mass is 234 g/mol. The van der Waals surface area contributed by atoms with E-state index >= 15 is 0 Å². The summed E-state index contributed by atoms with van der Waals surface area (Å²) in [4.78, 5) is 11.2. The summed E-state index contributed by atoms with van der Waals surface area (Å²) in [6.45, 7) is 6.72. The summed E-state index contributed by atoms with van der Waals surface area (Å²) in [5.74, 6) is -0.182. The molecule has 0 heterocycles. The number of carbonyl (C=O) groups is 1. The Hall–Kier alpha value is -1.31. The molecule has 0 atom stereocenters. The van der Waals surface area contributed by atoms with Crippen LogP contribution in [0.3, 0.4) is 0 Å². The Bertz CT molecular complexity index is 375. The summed E-state index contributed by atoms with van der Waals surface area (Å²) in [5, 5.41) is 0. The molecule has 0 aliphatic rings. The normalized spacial score (nSPS) is 11.3. The predicted molar refractivity (Wildman–Crippen MR) is 69.9 cm³/mol. The lowest BCUT2D eigenvalue weighted by atomic mass is 9.88. The van der Waals surface area contributed by atoms with Crippen LogP contribution in [-0.4, -0.2) is 13.1 Å². The van der Waals surface area contributed by atoms with Gasteiger partial charge in [0.25, 0.3) is 0 Å². The van der Waals surface area contributed by atoms with Gasteiger partial charge in [-0.1, -0.05) is 45.0 Å². The molecule has 0 saturated heterocycles. The zero-order valence-electron chi connectivity index (χ0n) is 11.2. The molecule has 0 aromatic heterocycles. The van der Waals surface area contributed by atoms with Crippen LogP contribution in [0.15, 0.2) is 24.3 Å². The maximum atomic E-state index is 11.2. The van der Waals surface area contributed by atoms with Crippen LogP contribution in [-0.2, 0) is 22.4 Å². The Morgan fingerprint density at radius 1 is 1.24 bits per heavy atom. The first-order chi connectivity index (χ1) is 7.90. The molecule has 0 aliphatic heterocycles. The highest BCUT2D eigenvalue weighted by Gasteiger charge is 2.10. The lowest BCUT2D eigenvalue weighted by Crippen LogP contribution is -2.07. The molecule has 94 valence electrons. The van der Waals surface area contributed by atoms with Crippen LogP contribution >= 0.6 is 0 Å². The average molecular weight is 234 g/mol. The Balaban J connectivity index is 2.63. The number of ether oxygens (including phenoxy) is 1. The molecule has 0 amide bonds. The van der Waals surface area contributed by atoms with E-state index < -0.39 is 0 Å². The Labute approximate surface area is 104 Å². The molecule has 1 aromatic rings. The van der Waals surface area contributed by atoms with Crippen molar-refractivity contribution < 1.29 is 9.53 Å². The Kier molecular flexibility index (Phi) is 4.73. The highest BCUT2D eigenvalue weighted by molar-refractivity contribution is 5.72. The van der Waals surface area contributed by atoms with E-state index in [0.29, 0.717) is 11.8 Å². The van der Waals surface area contributed by atoms with Crippen molar-refractivity contribution in [1.29, 1.82) is 0 Å². The van der Waals surface area contributed by atoms with Gasteiger partial charge in [-0.25, -0.2) is 0 Å². The van der Waals surface area contributed by atoms with E-state index in [1.165, 1.54) is 12.7 Å². The van der Waals surface area contributed by atoms with Crippen LogP contribution in [0.25, 0.3) is 0 Å². The maximum Gasteiger partial charge on any atom is 0.309 e. The van der Waals surface area contributed by atoms with Gasteiger partial charge in [0.05, 0.1) is 13.5 Å². The van der Waals surface area contributed by atoms with Crippen LogP contribution in [0.2, 0.25) is 0 Å². The van der Waals surface area contributed by atoms with Gasteiger partial charge >= 0.3 is 5.97 Å². The molecule has 0 unspecified atom stereocenters. The lowest BCUT2D eigenvalue weighted by molar-refractivity contribution is -0.139. The van der Waals surface area contributed by atoms with Gasteiger partial charge in [0.2, 0.25) is 0 Å². The van der Waals surface area contributed by atoms with Crippen LogP contribution in [0, 0.1) is 5.41 Å². The van der Waals surface area contributed by atoms with Gasteiger partial charge in [-0.05, 0) is 29.4 Å². The van der Waals surface area contributed by atoms with Crippen molar-refractivity contribution in [1.82, 2.24) is 0 Å². The maximum absolute atomic E-state index is 11.2. The fraction of sp³-hybridized carbons (Fsp3) is 0.533. The van der Waals surface area contributed by atoms with Gasteiger partial charge in [-0.3, -0.25) is 4.79 Å². The van der Waals surface area contributed by atoms with Crippen molar-refractivity contribution in [3.05, 3.63) is 35.4 Å². The van der Waals surface area contributed by atoms with Gasteiger partial charge in [-0.2, -0.15) is 0 Å². The highest BCUT2D eigenvalue weighted by Crippen LogP contribution is 2.21. The van der Waals surface area contributed by atoms with Gasteiger partial charge in [0.15, 0.2) is 0 Å². The van der Waals surface area contributed by atoms with Gasteiger partial charge < -0.3 is 4.74 Å². The van der Waals surface area contributed by atoms with E-state index in [1.807, 2.05) is 12.1 Å². The number of carbonyl (C=O) groups excluding carboxylic acids is 1. The molecule has 2 nitrogen and oxygen atoms in total. The zero-order chi connectivity index (χ0) is 12.9. The fourth-order valence-electron chi connectivity index (χ4n) is 1.65. The van der Waals surface area contributed by atoms with Crippen molar-refractivity contribution in [3.63, 3.8) is 0 Å². The first kappa shape index (κ1) is 13.8. The summed E-state index contributed by atoms with van der Waals surface area (Å²) in [7, 11) is 1.42. The minimum absolute atomic E-state index is 0.182. The van der Waals surface area contributed by atoms with Crippen LogP contribution in [0.4, 0.5) is 0 Å². The smallest absolute Gasteiger partial charge is 0.309 e. The summed E-state index contributed by atoms with van der Waals surface area (Å²) < 4.78 is 4.67. The largest absolute Gasteiger partial charge is 0.469 e. The molecule has 1 rings (SSSR count). The summed E-state index contributed by atoms with van der Waals surface area (Å²) >= 11 is 0. The lowest BCUT2D eigenvalue weighted by Gasteiger charge is -2.17. The second-order valence-corrected chi connectivity index (χ2v) is 5.63. The van der Waals surface area contributed by atoms with Crippen molar-refractivity contribution in [2.45, 2.75) is 40.0 Å². The first-order valence-corrected chi connectivity index (χ1v) is 6.05. The van der Waals surface area contributed by atoms with E-state index in [1.54, 1.807) is 0 Å². The topological polar surface area (TPSA) is 26.3 Å². The first-order valence-electron chi connectivity index (χ1n) is 6.05. The van der Waals surface area contributed by atoms with Gasteiger partial charge in [0, 0.05) is 0 Å². The minimum Gasteiger partial charge on any atom is -0.469 e. The molecular formula is C15H22O2. The second kappa shape index (κ2) is 5.85. The van der Waals surface area contributed by atoms with Crippen molar-refractivity contribution in [2.75, 3.05) is 7.11 Å². The molecule has 0 fully saturated rings. The molecule has 0 bridgehead atoms. The van der Waals surface area contributed by atoms with Crippen LogP contribution < -0.4 is 0 Å². The van der Waals surface area contributed by atoms with Gasteiger partial charge in [-0.15, -0.1) is 0 Å². The number of hydrogen-bond donors (Lipinski definition) is 0.